The first kappa shape index (κ1) is 19.3. The number of amides is 1. The first-order chi connectivity index (χ1) is 14.2. The van der Waals surface area contributed by atoms with Crippen molar-refractivity contribution in [1.29, 1.82) is 0 Å². The van der Waals surface area contributed by atoms with E-state index in [2.05, 4.69) is 5.10 Å². The van der Waals surface area contributed by atoms with Crippen molar-refractivity contribution in [3.8, 4) is 5.75 Å². The number of thioether (sulfide) groups is 1. The van der Waals surface area contributed by atoms with Gasteiger partial charge in [0.1, 0.15) is 23.4 Å². The van der Waals surface area contributed by atoms with Crippen LogP contribution in [0.1, 0.15) is 23.8 Å². The van der Waals surface area contributed by atoms with Gasteiger partial charge in [-0.3, -0.25) is 4.79 Å². The normalized spacial score (nSPS) is 16.0. The molecule has 0 N–H and O–H groups in total. The predicted molar refractivity (Wildman–Crippen MR) is 110 cm³/mol. The Morgan fingerprint density at radius 2 is 2.00 bits per heavy atom. The molecule has 0 unspecified atom stereocenters. The van der Waals surface area contributed by atoms with Gasteiger partial charge in [0, 0.05) is 11.3 Å². The van der Waals surface area contributed by atoms with Crippen LogP contribution in [-0.4, -0.2) is 29.5 Å². The highest BCUT2D eigenvalue weighted by Gasteiger charge is 2.34. The molecule has 1 amide bonds. The molecular formula is C22H19FN2O3S. The summed E-state index contributed by atoms with van der Waals surface area (Å²) in [6.45, 7) is 0. The number of hydrazone groups is 1. The highest BCUT2D eigenvalue weighted by Crippen LogP contribution is 2.34. The van der Waals surface area contributed by atoms with Gasteiger partial charge in [0.2, 0.25) is 0 Å². The summed E-state index contributed by atoms with van der Waals surface area (Å²) in [6, 6.07) is 17.3. The smallest absolute Gasteiger partial charge is 0.253 e. The summed E-state index contributed by atoms with van der Waals surface area (Å²) < 4.78 is 24.6. The quantitative estimate of drug-likeness (QED) is 0.543. The molecule has 4 rings (SSSR count). The summed E-state index contributed by atoms with van der Waals surface area (Å²) >= 11 is 1.16. The maximum Gasteiger partial charge on any atom is 0.253 e. The summed E-state index contributed by atoms with van der Waals surface area (Å²) in [7, 11) is 1.61. The van der Waals surface area contributed by atoms with E-state index in [9.17, 15) is 9.18 Å². The van der Waals surface area contributed by atoms with E-state index in [4.69, 9.17) is 9.15 Å². The van der Waals surface area contributed by atoms with Crippen LogP contribution in [0.25, 0.3) is 0 Å². The lowest BCUT2D eigenvalue weighted by Crippen LogP contribution is -2.28. The molecule has 0 aliphatic carbocycles. The van der Waals surface area contributed by atoms with Crippen LogP contribution in [0, 0.1) is 5.82 Å². The van der Waals surface area contributed by atoms with Gasteiger partial charge in [-0.05, 0) is 54.1 Å². The molecule has 1 aliphatic rings. The van der Waals surface area contributed by atoms with Gasteiger partial charge in [-0.15, -0.1) is 11.8 Å². The van der Waals surface area contributed by atoms with E-state index in [1.807, 2.05) is 30.3 Å². The van der Waals surface area contributed by atoms with Gasteiger partial charge in [0.05, 0.1) is 24.8 Å². The molecule has 0 fully saturated rings. The van der Waals surface area contributed by atoms with Gasteiger partial charge in [-0.2, -0.15) is 5.10 Å². The molecule has 0 spiro atoms. The Morgan fingerprint density at radius 1 is 1.21 bits per heavy atom. The molecule has 3 aromatic rings. The Bertz CT molecular complexity index is 1020. The SMILES string of the molecule is COc1ccc(C2=NN(C(=O)CSc3ccccc3F)[C@H](c3ccco3)C2)cc1. The van der Waals surface area contributed by atoms with Gasteiger partial charge in [0.25, 0.3) is 5.91 Å². The highest BCUT2D eigenvalue weighted by atomic mass is 32.2. The number of halogens is 1. The molecule has 1 aliphatic heterocycles. The second-order valence-corrected chi connectivity index (χ2v) is 7.49. The summed E-state index contributed by atoms with van der Waals surface area (Å²) in [5, 5.41) is 6.03. The van der Waals surface area contributed by atoms with Crippen molar-refractivity contribution in [2.75, 3.05) is 12.9 Å². The number of methoxy groups -OCH3 is 1. The molecule has 0 saturated carbocycles. The van der Waals surface area contributed by atoms with Crippen LogP contribution in [-0.2, 0) is 4.79 Å². The van der Waals surface area contributed by atoms with Gasteiger partial charge in [-0.1, -0.05) is 12.1 Å². The molecule has 1 atom stereocenters. The average molecular weight is 410 g/mol. The molecule has 0 bridgehead atoms. The monoisotopic (exact) mass is 410 g/mol. The number of rotatable bonds is 6. The van der Waals surface area contributed by atoms with Crippen molar-refractivity contribution in [3.63, 3.8) is 0 Å². The van der Waals surface area contributed by atoms with Gasteiger partial charge < -0.3 is 9.15 Å². The Balaban J connectivity index is 1.55. The fourth-order valence-corrected chi connectivity index (χ4v) is 3.96. The average Bonchev–Trinajstić information content (AvgIpc) is 3.43. The topological polar surface area (TPSA) is 55.0 Å². The van der Waals surface area contributed by atoms with Gasteiger partial charge in [-0.25, -0.2) is 9.40 Å². The fraction of sp³-hybridized carbons (Fsp3) is 0.182. The minimum atomic E-state index is -0.336. The number of carbonyl (C=O) groups is 1. The largest absolute Gasteiger partial charge is 0.497 e. The van der Waals surface area contributed by atoms with Crippen LogP contribution in [0.4, 0.5) is 4.39 Å². The van der Waals surface area contributed by atoms with E-state index in [1.54, 1.807) is 37.6 Å². The lowest BCUT2D eigenvalue weighted by molar-refractivity contribution is -0.130. The van der Waals surface area contributed by atoms with Crippen LogP contribution in [0.5, 0.6) is 5.75 Å². The molecule has 1 aromatic heterocycles. The fourth-order valence-electron chi connectivity index (χ4n) is 3.17. The molecule has 7 heteroatoms. The number of nitrogens with zero attached hydrogens (tertiary/aromatic N) is 2. The summed E-state index contributed by atoms with van der Waals surface area (Å²) in [4.78, 5) is 13.4. The Kier molecular flexibility index (Phi) is 5.67. The molecular weight excluding hydrogens is 391 g/mol. The first-order valence-corrected chi connectivity index (χ1v) is 10.1. The maximum absolute atomic E-state index is 13.9. The van der Waals surface area contributed by atoms with Crippen LogP contribution >= 0.6 is 11.8 Å². The zero-order valence-electron chi connectivity index (χ0n) is 15.7. The summed E-state index contributed by atoms with van der Waals surface area (Å²) in [5.74, 6) is 0.961. The molecule has 29 heavy (non-hydrogen) atoms. The van der Waals surface area contributed by atoms with Crippen molar-refractivity contribution >= 4 is 23.4 Å². The summed E-state index contributed by atoms with van der Waals surface area (Å²) in [6.07, 6.45) is 2.12. The van der Waals surface area contributed by atoms with Crippen molar-refractivity contribution in [3.05, 3.63) is 84.1 Å². The molecule has 5 nitrogen and oxygen atoms in total. The third-order valence-corrected chi connectivity index (χ3v) is 5.68. The number of furan rings is 1. The Hall–Kier alpha value is -3.06. The maximum atomic E-state index is 13.9. The molecule has 148 valence electrons. The minimum Gasteiger partial charge on any atom is -0.497 e. The van der Waals surface area contributed by atoms with E-state index >= 15 is 0 Å². The molecule has 0 radical (unpaired) electrons. The highest BCUT2D eigenvalue weighted by molar-refractivity contribution is 8.00. The zero-order chi connectivity index (χ0) is 20.2. The number of hydrogen-bond donors (Lipinski definition) is 0. The number of ether oxygens (including phenoxy) is 1. The standard InChI is InChI=1S/C22H19FN2O3S/c1-27-16-10-8-15(9-11-16)18-13-19(20-6-4-12-28-20)25(24-18)22(26)14-29-21-7-3-2-5-17(21)23/h2-12,19H,13-14H2,1H3/t19-/m0/s1. The second-order valence-electron chi connectivity index (χ2n) is 6.47. The van der Waals surface area contributed by atoms with Crippen LogP contribution in [0.3, 0.4) is 0 Å². The first-order valence-electron chi connectivity index (χ1n) is 9.10. The number of carbonyl (C=O) groups excluding carboxylic acids is 1. The van der Waals surface area contributed by atoms with Crippen LogP contribution in [0.2, 0.25) is 0 Å². The van der Waals surface area contributed by atoms with E-state index < -0.39 is 0 Å². The lowest BCUT2D eigenvalue weighted by Gasteiger charge is -2.19. The second kappa shape index (κ2) is 8.53. The van der Waals surface area contributed by atoms with Crippen molar-refractivity contribution in [1.82, 2.24) is 5.01 Å². The van der Waals surface area contributed by atoms with E-state index in [0.717, 1.165) is 28.8 Å². The van der Waals surface area contributed by atoms with Crippen LogP contribution in [0.15, 0.2) is 81.3 Å². The predicted octanol–water partition coefficient (Wildman–Crippen LogP) is 4.90. The van der Waals surface area contributed by atoms with Crippen molar-refractivity contribution < 1.29 is 18.3 Å². The van der Waals surface area contributed by atoms with E-state index in [1.165, 1.54) is 11.1 Å². The van der Waals surface area contributed by atoms with Gasteiger partial charge in [0.15, 0.2) is 0 Å². The molecule has 0 saturated heterocycles. The lowest BCUT2D eigenvalue weighted by atomic mass is 10.0. The van der Waals surface area contributed by atoms with Gasteiger partial charge >= 0.3 is 0 Å². The molecule has 2 aromatic carbocycles. The summed E-state index contributed by atoms with van der Waals surface area (Å²) in [5.41, 5.74) is 1.71. The third-order valence-electron chi connectivity index (χ3n) is 4.65. The van der Waals surface area contributed by atoms with E-state index in [-0.39, 0.29) is 23.5 Å². The van der Waals surface area contributed by atoms with E-state index in [0.29, 0.717) is 17.1 Å². The third kappa shape index (κ3) is 4.19. The van der Waals surface area contributed by atoms with Crippen molar-refractivity contribution in [2.24, 2.45) is 5.10 Å². The Morgan fingerprint density at radius 3 is 2.69 bits per heavy atom. The minimum absolute atomic E-state index is 0.0809. The zero-order valence-corrected chi connectivity index (χ0v) is 16.6. The van der Waals surface area contributed by atoms with Crippen LogP contribution < -0.4 is 4.74 Å². The van der Waals surface area contributed by atoms with Crippen molar-refractivity contribution in [2.45, 2.75) is 17.4 Å². The molecule has 2 heterocycles. The number of hydrogen-bond acceptors (Lipinski definition) is 5. The Labute approximate surface area is 172 Å². The number of benzene rings is 2.